The Bertz CT molecular complexity index is 475. The predicted octanol–water partition coefficient (Wildman–Crippen LogP) is 1.13. The van der Waals surface area contributed by atoms with Gasteiger partial charge in [-0.1, -0.05) is 5.21 Å². The normalized spacial score (nSPS) is 14.5. The Morgan fingerprint density at radius 3 is 3.31 bits per heavy atom. The molecule has 0 unspecified atom stereocenters. The van der Waals surface area contributed by atoms with Crippen LogP contribution in [0, 0.1) is 6.92 Å². The molecular weight excluding hydrogens is 166 g/mol. The van der Waals surface area contributed by atoms with Crippen molar-refractivity contribution in [1.82, 2.24) is 15.0 Å². The van der Waals surface area contributed by atoms with E-state index in [0.29, 0.717) is 6.61 Å². The smallest absolute Gasteiger partial charge is 0.147 e. The Morgan fingerprint density at radius 2 is 2.38 bits per heavy atom. The van der Waals surface area contributed by atoms with Crippen LogP contribution >= 0.6 is 0 Å². The van der Waals surface area contributed by atoms with Crippen LogP contribution in [0.5, 0.6) is 5.75 Å². The largest absolute Gasteiger partial charge is 0.489 e. The van der Waals surface area contributed by atoms with E-state index in [1.807, 2.05) is 23.7 Å². The van der Waals surface area contributed by atoms with Crippen molar-refractivity contribution in [3.8, 4) is 5.75 Å². The fraction of sp³-hybridized carbons (Fsp3) is 0.333. The minimum absolute atomic E-state index is 0.689. The van der Waals surface area contributed by atoms with Gasteiger partial charge in [0, 0.05) is 0 Å². The molecule has 1 aliphatic rings. The maximum absolute atomic E-state index is 5.53. The first-order valence-corrected chi connectivity index (χ1v) is 4.31. The number of benzene rings is 1. The zero-order valence-corrected chi connectivity index (χ0v) is 7.32. The lowest BCUT2D eigenvalue weighted by atomic mass is 10.2. The maximum Gasteiger partial charge on any atom is 0.147 e. The van der Waals surface area contributed by atoms with Crippen molar-refractivity contribution in [2.45, 2.75) is 13.5 Å². The molecular formula is C9H9N3O. The first-order valence-electron chi connectivity index (χ1n) is 4.31. The molecule has 4 heteroatoms. The third-order valence-electron chi connectivity index (χ3n) is 2.28. The van der Waals surface area contributed by atoms with Gasteiger partial charge in [0.05, 0.1) is 6.54 Å². The third kappa shape index (κ3) is 0.854. The summed E-state index contributed by atoms with van der Waals surface area (Å²) in [6.45, 7) is 3.52. The first kappa shape index (κ1) is 6.88. The molecule has 1 aromatic heterocycles. The third-order valence-corrected chi connectivity index (χ3v) is 2.28. The number of aryl methyl sites for hydroxylation is 1. The highest BCUT2D eigenvalue weighted by molar-refractivity contribution is 5.82. The van der Waals surface area contributed by atoms with Crippen LogP contribution in [0.25, 0.3) is 11.0 Å². The van der Waals surface area contributed by atoms with Gasteiger partial charge in [-0.2, -0.15) is 0 Å². The maximum atomic E-state index is 5.53. The van der Waals surface area contributed by atoms with Crippen molar-refractivity contribution in [2.75, 3.05) is 6.61 Å². The zero-order chi connectivity index (χ0) is 8.84. The van der Waals surface area contributed by atoms with Gasteiger partial charge in [0.2, 0.25) is 0 Å². The number of hydrogen-bond donors (Lipinski definition) is 0. The molecule has 0 fully saturated rings. The first-order chi connectivity index (χ1) is 6.34. The molecule has 0 saturated heterocycles. The lowest BCUT2D eigenvalue weighted by molar-refractivity contribution is 0.276. The Labute approximate surface area is 75.1 Å². The number of ether oxygens (including phenoxy) is 1. The number of hydrogen-bond acceptors (Lipinski definition) is 3. The summed E-state index contributed by atoms with van der Waals surface area (Å²) < 4.78 is 7.43. The van der Waals surface area contributed by atoms with E-state index in [-0.39, 0.29) is 0 Å². The molecule has 2 aromatic rings. The lowest BCUT2D eigenvalue weighted by Crippen LogP contribution is -2.15. The second-order valence-electron chi connectivity index (χ2n) is 3.29. The molecule has 4 nitrogen and oxygen atoms in total. The summed E-state index contributed by atoms with van der Waals surface area (Å²) in [6.07, 6.45) is 0. The van der Waals surface area contributed by atoms with Gasteiger partial charge in [-0.25, -0.2) is 4.68 Å². The minimum Gasteiger partial charge on any atom is -0.489 e. The average Bonchev–Trinajstić information content (AvgIpc) is 2.50. The predicted molar refractivity (Wildman–Crippen MR) is 47.8 cm³/mol. The van der Waals surface area contributed by atoms with E-state index in [9.17, 15) is 0 Å². The highest BCUT2D eigenvalue weighted by atomic mass is 16.5. The van der Waals surface area contributed by atoms with Gasteiger partial charge in [0.15, 0.2) is 0 Å². The Morgan fingerprint density at radius 1 is 1.46 bits per heavy atom. The van der Waals surface area contributed by atoms with E-state index in [1.165, 1.54) is 0 Å². The summed E-state index contributed by atoms with van der Waals surface area (Å²) in [6, 6.07) is 4.05. The van der Waals surface area contributed by atoms with E-state index in [2.05, 4.69) is 10.3 Å². The highest BCUT2D eigenvalue weighted by Crippen LogP contribution is 2.28. The van der Waals surface area contributed by atoms with Crippen LogP contribution in [0.3, 0.4) is 0 Å². The quantitative estimate of drug-likeness (QED) is 0.602. The fourth-order valence-electron chi connectivity index (χ4n) is 1.72. The summed E-state index contributed by atoms with van der Waals surface area (Å²) in [5, 5.41) is 8.14. The highest BCUT2D eigenvalue weighted by Gasteiger charge is 2.15. The molecule has 0 radical (unpaired) electrons. The van der Waals surface area contributed by atoms with Crippen molar-refractivity contribution in [2.24, 2.45) is 0 Å². The van der Waals surface area contributed by atoms with Gasteiger partial charge in [-0.3, -0.25) is 0 Å². The fourth-order valence-corrected chi connectivity index (χ4v) is 1.72. The van der Waals surface area contributed by atoms with E-state index >= 15 is 0 Å². The summed E-state index contributed by atoms with van der Waals surface area (Å²) in [5.41, 5.74) is 3.11. The van der Waals surface area contributed by atoms with Crippen molar-refractivity contribution < 1.29 is 4.74 Å². The van der Waals surface area contributed by atoms with Gasteiger partial charge in [-0.15, -0.1) is 5.10 Å². The molecule has 0 atom stereocenters. The van der Waals surface area contributed by atoms with Gasteiger partial charge in [0.1, 0.15) is 23.4 Å². The summed E-state index contributed by atoms with van der Waals surface area (Å²) >= 11 is 0. The van der Waals surface area contributed by atoms with E-state index in [0.717, 1.165) is 28.9 Å². The average molecular weight is 175 g/mol. The van der Waals surface area contributed by atoms with Crippen LogP contribution in [0.2, 0.25) is 0 Å². The van der Waals surface area contributed by atoms with Gasteiger partial charge >= 0.3 is 0 Å². The molecule has 0 spiro atoms. The number of nitrogens with zero attached hydrogens (tertiary/aromatic N) is 3. The standard InChI is InChI=1S/C9H9N3O/c1-6-4-7-9-8(5-6)13-3-2-12(9)11-10-7/h4-5H,2-3H2,1H3. The minimum atomic E-state index is 0.689. The van der Waals surface area contributed by atoms with Crippen molar-refractivity contribution in [3.63, 3.8) is 0 Å². The molecule has 1 aliphatic heterocycles. The monoisotopic (exact) mass is 175 g/mol. The zero-order valence-electron chi connectivity index (χ0n) is 7.32. The van der Waals surface area contributed by atoms with Crippen LogP contribution in [0.15, 0.2) is 12.1 Å². The Kier molecular flexibility index (Phi) is 1.17. The van der Waals surface area contributed by atoms with Crippen molar-refractivity contribution in [1.29, 1.82) is 0 Å². The van der Waals surface area contributed by atoms with E-state index < -0.39 is 0 Å². The van der Waals surface area contributed by atoms with E-state index in [1.54, 1.807) is 0 Å². The molecule has 0 aliphatic carbocycles. The van der Waals surface area contributed by atoms with Crippen LogP contribution < -0.4 is 4.74 Å². The molecule has 3 rings (SSSR count). The molecule has 2 heterocycles. The Hall–Kier alpha value is -1.58. The lowest BCUT2D eigenvalue weighted by Gasteiger charge is -2.14. The molecule has 0 amide bonds. The second-order valence-corrected chi connectivity index (χ2v) is 3.29. The molecule has 13 heavy (non-hydrogen) atoms. The van der Waals surface area contributed by atoms with Gasteiger partial charge in [0.25, 0.3) is 0 Å². The molecule has 66 valence electrons. The molecule has 0 saturated carbocycles. The van der Waals surface area contributed by atoms with E-state index in [4.69, 9.17) is 4.74 Å². The van der Waals surface area contributed by atoms with Crippen LogP contribution in [-0.2, 0) is 6.54 Å². The van der Waals surface area contributed by atoms with Crippen LogP contribution in [0.4, 0.5) is 0 Å². The molecule has 0 N–H and O–H groups in total. The van der Waals surface area contributed by atoms with Crippen molar-refractivity contribution in [3.05, 3.63) is 17.7 Å². The molecule has 1 aromatic carbocycles. The SMILES string of the molecule is Cc1cc2c3c(c1)nnn3CCO2. The molecule has 0 bridgehead atoms. The summed E-state index contributed by atoms with van der Waals surface area (Å²) in [5.74, 6) is 0.909. The Balaban J connectivity index is 2.47. The van der Waals surface area contributed by atoms with Crippen LogP contribution in [-0.4, -0.2) is 21.6 Å². The second kappa shape index (κ2) is 2.22. The summed E-state index contributed by atoms with van der Waals surface area (Å²) in [4.78, 5) is 0. The number of aromatic nitrogens is 3. The van der Waals surface area contributed by atoms with Gasteiger partial charge in [-0.05, 0) is 24.6 Å². The van der Waals surface area contributed by atoms with Crippen LogP contribution in [0.1, 0.15) is 5.56 Å². The van der Waals surface area contributed by atoms with Gasteiger partial charge < -0.3 is 4.74 Å². The topological polar surface area (TPSA) is 39.9 Å². The number of rotatable bonds is 0. The summed E-state index contributed by atoms with van der Waals surface area (Å²) in [7, 11) is 0. The van der Waals surface area contributed by atoms with Crippen molar-refractivity contribution >= 4 is 11.0 Å².